The van der Waals surface area contributed by atoms with Crippen LogP contribution < -0.4 is 4.90 Å². The van der Waals surface area contributed by atoms with Crippen molar-refractivity contribution in [1.82, 2.24) is 14.8 Å². The van der Waals surface area contributed by atoms with Gasteiger partial charge in [-0.3, -0.25) is 9.78 Å². The topological polar surface area (TPSA) is 66.0 Å². The van der Waals surface area contributed by atoms with Crippen molar-refractivity contribution in [3.05, 3.63) is 24.0 Å². The standard InChI is InChI=1S/C19H28N4O3/c1-3-26-19(25)22-11-9-21(10-12-22)18(24)17-13-16(6-7-20-17)23-8-4-5-15(2)14-23/h6-7,13,15H,3-5,8-12,14H2,1-2H3. The lowest BCUT2D eigenvalue weighted by atomic mass is 10.00. The van der Waals surface area contributed by atoms with E-state index in [4.69, 9.17) is 4.74 Å². The number of rotatable bonds is 3. The van der Waals surface area contributed by atoms with Gasteiger partial charge in [-0.1, -0.05) is 6.92 Å². The third kappa shape index (κ3) is 4.26. The Morgan fingerprint density at radius 3 is 2.62 bits per heavy atom. The van der Waals surface area contributed by atoms with Gasteiger partial charge in [0.2, 0.25) is 0 Å². The van der Waals surface area contributed by atoms with Gasteiger partial charge in [0.15, 0.2) is 0 Å². The van der Waals surface area contributed by atoms with Crippen molar-refractivity contribution in [1.29, 1.82) is 0 Å². The number of carbonyl (C=O) groups excluding carboxylic acids is 2. The molecule has 1 unspecified atom stereocenters. The summed E-state index contributed by atoms with van der Waals surface area (Å²) in [4.78, 5) is 34.6. The first kappa shape index (κ1) is 18.5. The van der Waals surface area contributed by atoms with Crippen molar-refractivity contribution in [2.75, 3.05) is 50.8 Å². The third-order valence-electron chi connectivity index (χ3n) is 5.08. The van der Waals surface area contributed by atoms with Gasteiger partial charge in [0.1, 0.15) is 5.69 Å². The Balaban J connectivity index is 1.62. The van der Waals surface area contributed by atoms with Crippen LogP contribution >= 0.6 is 0 Å². The molecule has 3 rings (SSSR count). The van der Waals surface area contributed by atoms with E-state index in [1.165, 1.54) is 12.8 Å². The molecule has 2 aliphatic heterocycles. The first-order chi connectivity index (χ1) is 12.6. The molecule has 1 aromatic rings. The molecule has 0 radical (unpaired) electrons. The van der Waals surface area contributed by atoms with E-state index in [0.29, 0.717) is 44.4 Å². The highest BCUT2D eigenvalue weighted by Crippen LogP contribution is 2.23. The quantitative estimate of drug-likeness (QED) is 0.827. The number of ether oxygens (including phenoxy) is 1. The first-order valence-corrected chi connectivity index (χ1v) is 9.50. The monoisotopic (exact) mass is 360 g/mol. The molecule has 142 valence electrons. The third-order valence-corrected chi connectivity index (χ3v) is 5.08. The number of pyridine rings is 1. The minimum Gasteiger partial charge on any atom is -0.450 e. The molecule has 0 saturated carbocycles. The highest BCUT2D eigenvalue weighted by atomic mass is 16.6. The van der Waals surface area contributed by atoms with Gasteiger partial charge in [0.25, 0.3) is 5.91 Å². The second-order valence-electron chi connectivity index (χ2n) is 7.07. The molecule has 0 bridgehead atoms. The van der Waals surface area contributed by atoms with Crippen LogP contribution in [0.5, 0.6) is 0 Å². The van der Waals surface area contributed by atoms with E-state index in [1.807, 2.05) is 12.1 Å². The van der Waals surface area contributed by atoms with Crippen molar-refractivity contribution in [2.24, 2.45) is 5.92 Å². The number of anilines is 1. The number of aromatic nitrogens is 1. The van der Waals surface area contributed by atoms with Crippen LogP contribution in [0.4, 0.5) is 10.5 Å². The summed E-state index contributed by atoms with van der Waals surface area (Å²) in [7, 11) is 0. The Hall–Kier alpha value is -2.31. The molecule has 0 aromatic carbocycles. The van der Waals surface area contributed by atoms with Crippen LogP contribution in [0.25, 0.3) is 0 Å². The van der Waals surface area contributed by atoms with Gasteiger partial charge in [0.05, 0.1) is 6.61 Å². The average Bonchev–Trinajstić information content (AvgIpc) is 2.68. The normalized spacial score (nSPS) is 20.8. The van der Waals surface area contributed by atoms with E-state index >= 15 is 0 Å². The van der Waals surface area contributed by atoms with Gasteiger partial charge < -0.3 is 19.4 Å². The van der Waals surface area contributed by atoms with Gasteiger partial charge in [0, 0.05) is 51.2 Å². The minimum atomic E-state index is -0.307. The molecule has 2 amide bonds. The Labute approximate surface area is 154 Å². The number of hydrogen-bond acceptors (Lipinski definition) is 5. The number of piperidine rings is 1. The Bertz CT molecular complexity index is 643. The van der Waals surface area contributed by atoms with Crippen LogP contribution in [0.1, 0.15) is 37.2 Å². The summed E-state index contributed by atoms with van der Waals surface area (Å²) in [5.41, 5.74) is 1.55. The van der Waals surface area contributed by atoms with E-state index in [0.717, 1.165) is 18.8 Å². The van der Waals surface area contributed by atoms with E-state index < -0.39 is 0 Å². The summed E-state index contributed by atoms with van der Waals surface area (Å²) < 4.78 is 5.02. The Morgan fingerprint density at radius 1 is 1.19 bits per heavy atom. The van der Waals surface area contributed by atoms with Crippen LogP contribution in [-0.4, -0.2) is 72.7 Å². The maximum Gasteiger partial charge on any atom is 0.409 e. The smallest absolute Gasteiger partial charge is 0.409 e. The van der Waals surface area contributed by atoms with Gasteiger partial charge in [-0.2, -0.15) is 0 Å². The first-order valence-electron chi connectivity index (χ1n) is 9.50. The van der Waals surface area contributed by atoms with Crippen molar-refractivity contribution < 1.29 is 14.3 Å². The molecule has 0 aliphatic carbocycles. The molecule has 0 N–H and O–H groups in total. The lowest BCUT2D eigenvalue weighted by Crippen LogP contribution is -2.50. The molecule has 2 saturated heterocycles. The zero-order chi connectivity index (χ0) is 18.5. The fraction of sp³-hybridized carbons (Fsp3) is 0.632. The van der Waals surface area contributed by atoms with E-state index in [1.54, 1.807) is 22.9 Å². The second-order valence-corrected chi connectivity index (χ2v) is 7.07. The number of amides is 2. The maximum atomic E-state index is 12.8. The summed E-state index contributed by atoms with van der Waals surface area (Å²) in [6.07, 6.45) is 3.86. The van der Waals surface area contributed by atoms with Crippen LogP contribution in [-0.2, 0) is 4.74 Å². The van der Waals surface area contributed by atoms with Crippen molar-refractivity contribution in [3.8, 4) is 0 Å². The van der Waals surface area contributed by atoms with Crippen LogP contribution in [0.15, 0.2) is 18.3 Å². The maximum absolute atomic E-state index is 12.8. The van der Waals surface area contributed by atoms with Crippen LogP contribution in [0.3, 0.4) is 0 Å². The van der Waals surface area contributed by atoms with Gasteiger partial charge in [-0.25, -0.2) is 4.79 Å². The fourth-order valence-corrected chi connectivity index (χ4v) is 3.63. The molecule has 7 nitrogen and oxygen atoms in total. The van der Waals surface area contributed by atoms with Gasteiger partial charge in [-0.05, 0) is 37.8 Å². The predicted octanol–water partition coefficient (Wildman–Crippen LogP) is 2.23. The largest absolute Gasteiger partial charge is 0.450 e. The summed E-state index contributed by atoms with van der Waals surface area (Å²) in [5, 5.41) is 0. The molecule has 0 spiro atoms. The fourth-order valence-electron chi connectivity index (χ4n) is 3.63. The van der Waals surface area contributed by atoms with Gasteiger partial charge in [-0.15, -0.1) is 0 Å². The van der Waals surface area contributed by atoms with Gasteiger partial charge >= 0.3 is 6.09 Å². The van der Waals surface area contributed by atoms with E-state index in [-0.39, 0.29) is 12.0 Å². The lowest BCUT2D eigenvalue weighted by Gasteiger charge is -2.34. The molecule has 2 aliphatic rings. The number of carbonyl (C=O) groups is 2. The molecule has 7 heteroatoms. The SMILES string of the molecule is CCOC(=O)N1CCN(C(=O)c2cc(N3CCCC(C)C3)ccn2)CC1. The zero-order valence-corrected chi connectivity index (χ0v) is 15.7. The molecule has 26 heavy (non-hydrogen) atoms. The summed E-state index contributed by atoms with van der Waals surface area (Å²) >= 11 is 0. The number of hydrogen-bond donors (Lipinski definition) is 0. The zero-order valence-electron chi connectivity index (χ0n) is 15.7. The molecular weight excluding hydrogens is 332 g/mol. The van der Waals surface area contributed by atoms with Crippen LogP contribution in [0.2, 0.25) is 0 Å². The average molecular weight is 360 g/mol. The van der Waals surface area contributed by atoms with Crippen molar-refractivity contribution in [3.63, 3.8) is 0 Å². The summed E-state index contributed by atoms with van der Waals surface area (Å²) in [5.74, 6) is 0.604. The highest BCUT2D eigenvalue weighted by Gasteiger charge is 2.26. The van der Waals surface area contributed by atoms with Crippen molar-refractivity contribution >= 4 is 17.7 Å². The molecule has 3 heterocycles. The number of piperazine rings is 1. The van der Waals surface area contributed by atoms with E-state index in [9.17, 15) is 9.59 Å². The molecule has 1 atom stereocenters. The lowest BCUT2D eigenvalue weighted by molar-refractivity contribution is 0.0566. The Kier molecular flexibility index (Phi) is 5.96. The Morgan fingerprint density at radius 2 is 1.92 bits per heavy atom. The number of nitrogens with zero attached hydrogens (tertiary/aromatic N) is 4. The van der Waals surface area contributed by atoms with Crippen molar-refractivity contribution in [2.45, 2.75) is 26.7 Å². The summed E-state index contributed by atoms with van der Waals surface area (Å²) in [6.45, 7) is 8.47. The minimum absolute atomic E-state index is 0.0691. The van der Waals surface area contributed by atoms with E-state index in [2.05, 4.69) is 16.8 Å². The second kappa shape index (κ2) is 8.38. The molecule has 2 fully saturated rings. The van der Waals surface area contributed by atoms with Crippen LogP contribution in [0, 0.1) is 5.92 Å². The predicted molar refractivity (Wildman–Crippen MR) is 99.3 cm³/mol. The molecular formula is C19H28N4O3. The molecule has 1 aromatic heterocycles. The highest BCUT2D eigenvalue weighted by molar-refractivity contribution is 5.93. The summed E-state index contributed by atoms with van der Waals surface area (Å²) in [6, 6.07) is 3.88.